The van der Waals surface area contributed by atoms with Crippen molar-refractivity contribution in [2.75, 3.05) is 23.4 Å². The first-order valence-corrected chi connectivity index (χ1v) is 13.7. The number of ether oxygens (including phenoxy) is 1. The van der Waals surface area contributed by atoms with Crippen LogP contribution >= 0.6 is 11.6 Å². The summed E-state index contributed by atoms with van der Waals surface area (Å²) in [5, 5.41) is 25.0. The molecule has 0 aliphatic heterocycles. The Hall–Kier alpha value is -4.86. The molecule has 1 aliphatic rings. The number of aromatic nitrogens is 3. The fourth-order valence-corrected chi connectivity index (χ4v) is 4.13. The Balaban J connectivity index is 1.51. The molecular weight excluding hydrogens is 607 g/mol. The molecule has 1 amide bonds. The molecule has 1 aromatic heterocycles. The number of carbonyl (C=O) groups excluding carboxylic acids is 1. The van der Waals surface area contributed by atoms with E-state index >= 15 is 0 Å². The van der Waals surface area contributed by atoms with Crippen LogP contribution in [0.1, 0.15) is 36.0 Å². The second-order valence-electron chi connectivity index (χ2n) is 9.77. The van der Waals surface area contributed by atoms with E-state index in [9.17, 15) is 27.9 Å². The zero-order valence-corrected chi connectivity index (χ0v) is 23.8. The molecule has 0 unspecified atom stereocenters. The van der Waals surface area contributed by atoms with Crippen molar-refractivity contribution in [1.29, 1.82) is 5.41 Å². The monoisotopic (exact) mass is 635 g/mol. The predicted molar refractivity (Wildman–Crippen MR) is 156 cm³/mol. The highest BCUT2D eigenvalue weighted by Crippen LogP contribution is 2.38. The van der Waals surface area contributed by atoms with Crippen LogP contribution in [0.5, 0.6) is 6.01 Å². The molecule has 0 bridgehead atoms. The number of carbonyl (C=O) groups is 2. The van der Waals surface area contributed by atoms with E-state index in [4.69, 9.17) is 27.5 Å². The number of carboxylic acids is 1. The van der Waals surface area contributed by atoms with Crippen LogP contribution in [0.2, 0.25) is 5.02 Å². The molecule has 17 heteroatoms. The van der Waals surface area contributed by atoms with Crippen molar-refractivity contribution in [1.82, 2.24) is 25.6 Å². The number of alkyl halides is 3. The lowest BCUT2D eigenvalue weighted by atomic mass is 10.1. The second-order valence-corrected chi connectivity index (χ2v) is 10.2. The zero-order chi connectivity index (χ0) is 31.9. The van der Waals surface area contributed by atoms with Crippen molar-refractivity contribution in [3.8, 4) is 6.01 Å². The summed E-state index contributed by atoms with van der Waals surface area (Å²) in [5.74, 6) is -2.12. The third kappa shape index (κ3) is 9.58. The summed E-state index contributed by atoms with van der Waals surface area (Å²) >= 11 is 6.03. The van der Waals surface area contributed by atoms with Gasteiger partial charge < -0.3 is 36.4 Å². The fraction of sp³-hybridized carbons (Fsp3) is 0.333. The van der Waals surface area contributed by atoms with Crippen molar-refractivity contribution in [2.24, 2.45) is 5.73 Å². The van der Waals surface area contributed by atoms with Gasteiger partial charge in [0.2, 0.25) is 11.9 Å². The first kappa shape index (κ1) is 32.1. The van der Waals surface area contributed by atoms with Crippen LogP contribution in [0.25, 0.3) is 0 Å². The first-order chi connectivity index (χ1) is 20.9. The normalized spacial score (nSPS) is 13.5. The van der Waals surface area contributed by atoms with Gasteiger partial charge in [0.1, 0.15) is 6.04 Å². The van der Waals surface area contributed by atoms with Gasteiger partial charge in [0.05, 0.1) is 0 Å². The highest BCUT2D eigenvalue weighted by molar-refractivity contribution is 6.30. The number of carboxylic acid groups (broad SMARTS) is 1. The minimum Gasteiger partial charge on any atom is -0.480 e. The van der Waals surface area contributed by atoms with E-state index < -0.39 is 36.7 Å². The van der Waals surface area contributed by atoms with Crippen LogP contribution in [0.3, 0.4) is 0 Å². The van der Waals surface area contributed by atoms with E-state index in [1.54, 1.807) is 29.2 Å². The Labute approximate surface area is 254 Å². The lowest BCUT2D eigenvalue weighted by Crippen LogP contribution is -2.41. The van der Waals surface area contributed by atoms with Crippen LogP contribution < -0.4 is 31.3 Å². The van der Waals surface area contributed by atoms with Gasteiger partial charge in [0, 0.05) is 34.5 Å². The quantitative estimate of drug-likeness (QED) is 0.0853. The van der Waals surface area contributed by atoms with E-state index in [0.29, 0.717) is 22.8 Å². The number of anilines is 4. The molecule has 0 radical (unpaired) electrons. The zero-order valence-electron chi connectivity index (χ0n) is 23.1. The van der Waals surface area contributed by atoms with Gasteiger partial charge in [-0.05, 0) is 74.2 Å². The number of benzene rings is 2. The summed E-state index contributed by atoms with van der Waals surface area (Å²) in [6.45, 7) is -1.33. The van der Waals surface area contributed by atoms with E-state index in [1.165, 1.54) is 24.3 Å². The summed E-state index contributed by atoms with van der Waals surface area (Å²) in [6.07, 6.45) is -2.53. The summed E-state index contributed by atoms with van der Waals surface area (Å²) in [5.41, 5.74) is 6.43. The molecule has 3 aromatic rings. The first-order valence-electron chi connectivity index (χ1n) is 13.4. The number of rotatable bonds is 14. The van der Waals surface area contributed by atoms with Crippen LogP contribution in [0.4, 0.5) is 36.4 Å². The third-order valence-electron chi connectivity index (χ3n) is 6.19. The average molecular weight is 636 g/mol. The molecule has 1 aliphatic carbocycles. The van der Waals surface area contributed by atoms with Gasteiger partial charge in [-0.15, -0.1) is 0 Å². The molecule has 0 saturated heterocycles. The molecule has 0 spiro atoms. The number of guanidine groups is 1. The molecule has 1 saturated carbocycles. The summed E-state index contributed by atoms with van der Waals surface area (Å²) in [4.78, 5) is 38.6. The van der Waals surface area contributed by atoms with Gasteiger partial charge in [-0.2, -0.15) is 28.1 Å². The number of hydrogen-bond acceptors (Lipinski definition) is 9. The van der Waals surface area contributed by atoms with Crippen LogP contribution in [0.15, 0.2) is 48.5 Å². The van der Waals surface area contributed by atoms with E-state index in [0.717, 1.165) is 12.8 Å². The Bertz CT molecular complexity index is 1470. The molecule has 4 rings (SSSR count). The molecule has 1 heterocycles. The summed E-state index contributed by atoms with van der Waals surface area (Å²) in [7, 11) is 0. The highest BCUT2D eigenvalue weighted by Gasteiger charge is 2.34. The molecule has 1 atom stereocenters. The van der Waals surface area contributed by atoms with Gasteiger partial charge in [0.15, 0.2) is 12.6 Å². The molecule has 1 fully saturated rings. The van der Waals surface area contributed by atoms with Gasteiger partial charge >= 0.3 is 18.2 Å². The maximum absolute atomic E-state index is 12.9. The van der Waals surface area contributed by atoms with Crippen molar-refractivity contribution in [2.45, 2.75) is 43.9 Å². The lowest BCUT2D eigenvalue weighted by molar-refractivity contribution is -0.154. The topological polar surface area (TPSA) is 191 Å². The Morgan fingerprint density at radius 2 is 1.80 bits per heavy atom. The van der Waals surface area contributed by atoms with Gasteiger partial charge in [-0.3, -0.25) is 10.2 Å². The minimum absolute atomic E-state index is 0.0136. The Morgan fingerprint density at radius 3 is 2.39 bits per heavy atom. The van der Waals surface area contributed by atoms with Crippen LogP contribution in [-0.2, 0) is 4.79 Å². The molecular formula is C27H29ClF3N9O4. The number of hydrogen-bond donors (Lipinski definition) is 6. The molecule has 44 heavy (non-hydrogen) atoms. The average Bonchev–Trinajstić information content (AvgIpc) is 3.79. The van der Waals surface area contributed by atoms with Crippen molar-refractivity contribution >= 4 is 52.7 Å². The molecule has 2 aromatic carbocycles. The van der Waals surface area contributed by atoms with Crippen molar-refractivity contribution in [3.05, 3.63) is 59.1 Å². The second kappa shape index (κ2) is 14.1. The summed E-state index contributed by atoms with van der Waals surface area (Å²) < 4.78 is 43.6. The van der Waals surface area contributed by atoms with Crippen LogP contribution in [-0.4, -0.2) is 69.3 Å². The highest BCUT2D eigenvalue weighted by atomic mass is 35.5. The maximum atomic E-state index is 12.9. The van der Waals surface area contributed by atoms with Crippen molar-refractivity contribution in [3.63, 3.8) is 0 Å². The number of halogens is 4. The van der Waals surface area contributed by atoms with E-state index in [2.05, 4.69) is 30.9 Å². The predicted octanol–water partition coefficient (Wildman–Crippen LogP) is 3.96. The summed E-state index contributed by atoms with van der Waals surface area (Å²) in [6, 6.07) is 11.0. The fourth-order valence-electron chi connectivity index (χ4n) is 4.01. The Morgan fingerprint density at radius 1 is 1.11 bits per heavy atom. The van der Waals surface area contributed by atoms with Crippen LogP contribution in [0, 0.1) is 5.41 Å². The smallest absolute Gasteiger partial charge is 0.422 e. The maximum Gasteiger partial charge on any atom is 0.422 e. The molecule has 7 N–H and O–H groups in total. The number of nitrogens with one attached hydrogen (secondary N) is 4. The van der Waals surface area contributed by atoms with Gasteiger partial charge in [0.25, 0.3) is 5.91 Å². The number of nitrogens with two attached hydrogens (primary N) is 1. The number of amides is 1. The standard InChI is InChI=1S/C27H29ClF3N9O4/c28-16-5-9-18(10-6-16)40(19-11-12-19)25-37-24(38-26(39-25)44-14-27(29,30)31)35-17-7-3-15(4-8-17)21(41)36-20(22(42)43)2-1-13-34-23(32)33/h3-10,19-20H,1-2,11-14H2,(H,36,41)(H,42,43)(H4,32,33,34)(H,35,37,38,39)/t20-/m1/s1. The van der Waals surface area contributed by atoms with E-state index in [-0.39, 0.29) is 42.4 Å². The number of nitrogens with zero attached hydrogens (tertiary/aromatic N) is 4. The van der Waals surface area contributed by atoms with Gasteiger partial charge in [-0.25, -0.2) is 4.79 Å². The van der Waals surface area contributed by atoms with Gasteiger partial charge in [-0.1, -0.05) is 11.6 Å². The molecule has 13 nitrogen and oxygen atoms in total. The number of aliphatic carboxylic acids is 1. The largest absolute Gasteiger partial charge is 0.480 e. The lowest BCUT2D eigenvalue weighted by Gasteiger charge is -2.23. The van der Waals surface area contributed by atoms with E-state index in [1.807, 2.05) is 0 Å². The SMILES string of the molecule is N=C(N)NCCC[C@@H](NC(=O)c1ccc(Nc2nc(OCC(F)(F)F)nc(N(c3ccc(Cl)cc3)C3CC3)n2)cc1)C(=O)O. The minimum atomic E-state index is -4.62. The molecule has 234 valence electrons. The Kier molecular flexibility index (Phi) is 10.3. The van der Waals surface area contributed by atoms with Crippen molar-refractivity contribution < 1.29 is 32.6 Å². The third-order valence-corrected chi connectivity index (χ3v) is 6.44.